The Morgan fingerprint density at radius 2 is 1.87 bits per heavy atom. The van der Waals surface area contributed by atoms with E-state index in [4.69, 9.17) is 16.3 Å². The van der Waals surface area contributed by atoms with Crippen LogP contribution in [0.3, 0.4) is 0 Å². The fourth-order valence-electron chi connectivity index (χ4n) is 4.75. The number of hydrogen-bond acceptors (Lipinski definition) is 7. The van der Waals surface area contributed by atoms with Crippen molar-refractivity contribution in [3.63, 3.8) is 0 Å². The first-order chi connectivity index (χ1) is 15.0. The molecule has 0 unspecified atom stereocenters. The Labute approximate surface area is 185 Å². The lowest BCUT2D eigenvalue weighted by molar-refractivity contribution is -0.0345. The number of anilines is 1. The molecule has 164 valence electrons. The summed E-state index contributed by atoms with van der Waals surface area (Å²) in [6.45, 7) is 0. The fraction of sp³-hybridized carbons (Fsp3) is 0.500. The second-order valence-corrected chi connectivity index (χ2v) is 8.76. The van der Waals surface area contributed by atoms with Crippen LogP contribution in [0.25, 0.3) is 11.2 Å². The maximum absolute atomic E-state index is 10.7. The van der Waals surface area contributed by atoms with Gasteiger partial charge >= 0.3 is 0 Å². The summed E-state index contributed by atoms with van der Waals surface area (Å²) in [5.74, 6) is 0.675. The Morgan fingerprint density at radius 3 is 2.61 bits per heavy atom. The van der Waals surface area contributed by atoms with Gasteiger partial charge in [-0.25, -0.2) is 4.98 Å². The van der Waals surface area contributed by atoms with E-state index in [1.54, 1.807) is 10.9 Å². The standard InChI is InChI=1S/C22H26ClN5O3/c1-27(14-9-5-6-10-14)19-16-20(26-22(23)25-19)28(12-24-16)21-18(30)17(29)15(31-21)11-13-7-3-2-4-8-13/h2-4,7-8,12,14-15,17-18,21,29-30H,5-6,9-11H2,1H3/t15-,17-,18-,21-/m1/s1. The number of rotatable bonds is 5. The number of nitrogens with zero attached hydrogens (tertiary/aromatic N) is 5. The summed E-state index contributed by atoms with van der Waals surface area (Å²) < 4.78 is 7.73. The fourth-order valence-corrected chi connectivity index (χ4v) is 4.91. The van der Waals surface area contributed by atoms with Crippen LogP contribution < -0.4 is 4.90 Å². The summed E-state index contributed by atoms with van der Waals surface area (Å²) >= 11 is 6.27. The monoisotopic (exact) mass is 443 g/mol. The van der Waals surface area contributed by atoms with Crippen molar-refractivity contribution in [1.29, 1.82) is 0 Å². The molecule has 5 rings (SSSR count). The Kier molecular flexibility index (Phi) is 5.56. The van der Waals surface area contributed by atoms with E-state index in [1.807, 2.05) is 37.4 Å². The normalized spacial score (nSPS) is 26.7. The van der Waals surface area contributed by atoms with E-state index in [2.05, 4.69) is 19.9 Å². The molecule has 0 spiro atoms. The summed E-state index contributed by atoms with van der Waals surface area (Å²) in [7, 11) is 2.01. The number of ether oxygens (including phenoxy) is 1. The summed E-state index contributed by atoms with van der Waals surface area (Å²) in [4.78, 5) is 15.5. The molecule has 3 heterocycles. The molecule has 2 aromatic heterocycles. The summed E-state index contributed by atoms with van der Waals surface area (Å²) in [6, 6.07) is 10.2. The van der Waals surface area contributed by atoms with E-state index in [-0.39, 0.29) is 5.28 Å². The van der Waals surface area contributed by atoms with Crippen molar-refractivity contribution in [3.05, 3.63) is 47.5 Å². The summed E-state index contributed by atoms with van der Waals surface area (Å²) in [6.07, 6.45) is 3.19. The lowest BCUT2D eigenvalue weighted by atomic mass is 10.0. The van der Waals surface area contributed by atoms with Gasteiger partial charge < -0.3 is 19.8 Å². The van der Waals surface area contributed by atoms with Crippen LogP contribution in [0.4, 0.5) is 5.82 Å². The van der Waals surface area contributed by atoms with Gasteiger partial charge in [-0.1, -0.05) is 43.2 Å². The molecule has 1 aromatic carbocycles. The number of imidazole rings is 1. The third-order valence-corrected chi connectivity index (χ3v) is 6.64. The number of fused-ring (bicyclic) bond motifs is 1. The van der Waals surface area contributed by atoms with Crippen LogP contribution in [0.1, 0.15) is 37.5 Å². The molecule has 1 aliphatic carbocycles. The largest absolute Gasteiger partial charge is 0.388 e. The Balaban J connectivity index is 1.46. The predicted octanol–water partition coefficient (Wildman–Crippen LogP) is 2.72. The van der Waals surface area contributed by atoms with Gasteiger partial charge in [0.2, 0.25) is 5.28 Å². The van der Waals surface area contributed by atoms with Gasteiger partial charge in [-0.2, -0.15) is 9.97 Å². The molecule has 8 nitrogen and oxygen atoms in total. The van der Waals surface area contributed by atoms with Crippen molar-refractivity contribution in [2.45, 2.75) is 62.7 Å². The molecule has 3 aromatic rings. The quantitative estimate of drug-likeness (QED) is 0.585. The van der Waals surface area contributed by atoms with Gasteiger partial charge in [0, 0.05) is 19.5 Å². The highest BCUT2D eigenvalue weighted by Crippen LogP contribution is 2.35. The van der Waals surface area contributed by atoms with E-state index in [0.717, 1.165) is 18.4 Å². The lowest BCUT2D eigenvalue weighted by Crippen LogP contribution is -2.32. The van der Waals surface area contributed by atoms with Crippen LogP contribution in [-0.4, -0.2) is 61.1 Å². The number of aliphatic hydroxyl groups is 2. The molecule has 9 heteroatoms. The van der Waals surface area contributed by atoms with Gasteiger partial charge in [-0.15, -0.1) is 0 Å². The molecule has 0 amide bonds. The minimum Gasteiger partial charge on any atom is -0.388 e. The van der Waals surface area contributed by atoms with E-state index < -0.39 is 24.5 Å². The predicted molar refractivity (Wildman–Crippen MR) is 117 cm³/mol. The van der Waals surface area contributed by atoms with Crippen molar-refractivity contribution >= 4 is 28.6 Å². The highest BCUT2D eigenvalue weighted by atomic mass is 35.5. The third-order valence-electron chi connectivity index (χ3n) is 6.47. The summed E-state index contributed by atoms with van der Waals surface area (Å²) in [5, 5.41) is 21.5. The zero-order chi connectivity index (χ0) is 21.5. The molecule has 2 N–H and O–H groups in total. The van der Waals surface area contributed by atoms with Gasteiger partial charge in [0.15, 0.2) is 23.2 Å². The van der Waals surface area contributed by atoms with E-state index in [0.29, 0.717) is 29.4 Å². The Hall–Kier alpha value is -2.26. The molecule has 1 saturated carbocycles. The van der Waals surface area contributed by atoms with E-state index in [1.165, 1.54) is 12.8 Å². The van der Waals surface area contributed by atoms with Crippen LogP contribution in [0.5, 0.6) is 0 Å². The molecule has 0 radical (unpaired) electrons. The number of aliphatic hydroxyl groups excluding tert-OH is 2. The van der Waals surface area contributed by atoms with Crippen LogP contribution in [0.2, 0.25) is 5.28 Å². The zero-order valence-corrected chi connectivity index (χ0v) is 18.1. The van der Waals surface area contributed by atoms with Gasteiger partial charge in [0.25, 0.3) is 0 Å². The second kappa shape index (κ2) is 8.35. The maximum Gasteiger partial charge on any atom is 0.226 e. The molecule has 2 aliphatic rings. The Bertz CT molecular complexity index is 1060. The minimum absolute atomic E-state index is 0.114. The van der Waals surface area contributed by atoms with Gasteiger partial charge in [0.1, 0.15) is 12.2 Å². The summed E-state index contributed by atoms with van der Waals surface area (Å²) in [5.41, 5.74) is 2.12. The first kappa shape index (κ1) is 20.6. The van der Waals surface area contributed by atoms with Crippen LogP contribution in [-0.2, 0) is 11.2 Å². The molecular weight excluding hydrogens is 418 g/mol. The second-order valence-electron chi connectivity index (χ2n) is 8.43. The van der Waals surface area contributed by atoms with E-state index in [9.17, 15) is 10.2 Å². The van der Waals surface area contributed by atoms with E-state index >= 15 is 0 Å². The molecule has 1 aliphatic heterocycles. The molecule has 2 fully saturated rings. The van der Waals surface area contributed by atoms with Gasteiger partial charge in [0.05, 0.1) is 12.4 Å². The SMILES string of the molecule is CN(c1nc(Cl)nc2c1ncn2[C@@H]1O[C@H](Cc2ccccc2)[C@@H](O)[C@H]1O)C1CCCC1. The van der Waals surface area contributed by atoms with Crippen molar-refractivity contribution in [2.24, 2.45) is 0 Å². The van der Waals surface area contributed by atoms with Gasteiger partial charge in [-0.05, 0) is 30.0 Å². The van der Waals surface area contributed by atoms with Crippen LogP contribution in [0, 0.1) is 0 Å². The molecule has 31 heavy (non-hydrogen) atoms. The number of halogens is 1. The molecule has 1 saturated heterocycles. The number of aromatic nitrogens is 4. The van der Waals surface area contributed by atoms with Crippen molar-refractivity contribution in [2.75, 3.05) is 11.9 Å². The lowest BCUT2D eigenvalue weighted by Gasteiger charge is -2.25. The zero-order valence-electron chi connectivity index (χ0n) is 17.3. The molecule has 4 atom stereocenters. The number of hydrogen-bond donors (Lipinski definition) is 2. The average molecular weight is 444 g/mol. The van der Waals surface area contributed by atoms with Crippen LogP contribution >= 0.6 is 11.6 Å². The van der Waals surface area contributed by atoms with Crippen molar-refractivity contribution in [1.82, 2.24) is 19.5 Å². The smallest absolute Gasteiger partial charge is 0.226 e. The van der Waals surface area contributed by atoms with Crippen LogP contribution in [0.15, 0.2) is 36.7 Å². The minimum atomic E-state index is -1.11. The number of benzene rings is 1. The molecular formula is C22H26ClN5O3. The highest BCUT2D eigenvalue weighted by molar-refractivity contribution is 6.28. The Morgan fingerprint density at radius 1 is 1.13 bits per heavy atom. The first-order valence-corrected chi connectivity index (χ1v) is 11.1. The third kappa shape index (κ3) is 3.78. The average Bonchev–Trinajstić information content (AvgIpc) is 3.50. The van der Waals surface area contributed by atoms with Gasteiger partial charge in [-0.3, -0.25) is 4.57 Å². The molecule has 0 bridgehead atoms. The topological polar surface area (TPSA) is 96.5 Å². The highest BCUT2D eigenvalue weighted by Gasteiger charge is 2.44. The maximum atomic E-state index is 10.7. The first-order valence-electron chi connectivity index (χ1n) is 10.7. The van der Waals surface area contributed by atoms with Crippen molar-refractivity contribution in [3.8, 4) is 0 Å². The van der Waals surface area contributed by atoms with Crippen molar-refractivity contribution < 1.29 is 14.9 Å².